The first-order valence-corrected chi connectivity index (χ1v) is 13.4. The summed E-state index contributed by atoms with van der Waals surface area (Å²) in [6.07, 6.45) is 0. The highest BCUT2D eigenvalue weighted by atomic mass is 35.5. The number of anilines is 3. The molecule has 1 heterocycles. The lowest BCUT2D eigenvalue weighted by atomic mass is 10.0. The maximum absolute atomic E-state index is 6.19. The van der Waals surface area contributed by atoms with Crippen LogP contribution in [0.25, 0.3) is 38.6 Å². The second-order valence-corrected chi connectivity index (χ2v) is 10.1. The average molecular weight is 521 g/mol. The molecule has 3 heteroatoms. The summed E-state index contributed by atoms with van der Waals surface area (Å²) in [4.78, 5) is 2.25. The fourth-order valence-electron chi connectivity index (χ4n) is 5.43. The van der Waals surface area contributed by atoms with Crippen molar-refractivity contribution >= 4 is 50.5 Å². The molecule has 6 aromatic carbocycles. The van der Waals surface area contributed by atoms with Gasteiger partial charge in [0.15, 0.2) is 0 Å². The van der Waals surface area contributed by atoms with Gasteiger partial charge in [-0.05, 0) is 90.0 Å². The number of benzene rings is 6. The maximum atomic E-state index is 6.19. The number of hydrogen-bond acceptors (Lipinski definition) is 1. The highest BCUT2D eigenvalue weighted by Gasteiger charge is 2.15. The molecule has 0 bridgehead atoms. The molecule has 39 heavy (non-hydrogen) atoms. The maximum Gasteiger partial charge on any atom is 0.0541 e. The number of rotatable bonds is 5. The van der Waals surface area contributed by atoms with Crippen molar-refractivity contribution in [1.29, 1.82) is 0 Å². The predicted octanol–water partition coefficient (Wildman–Crippen LogP) is 10.6. The van der Waals surface area contributed by atoms with E-state index in [2.05, 4.69) is 143 Å². The Bertz CT molecular complexity index is 1890. The molecule has 0 amide bonds. The van der Waals surface area contributed by atoms with E-state index in [4.69, 9.17) is 11.6 Å². The molecule has 0 aliphatic rings. The fraction of sp³-hybridized carbons (Fsp3) is 0. The third kappa shape index (κ3) is 4.25. The summed E-state index contributed by atoms with van der Waals surface area (Å²) < 4.78 is 2.35. The van der Waals surface area contributed by atoms with Crippen molar-refractivity contribution in [1.82, 2.24) is 4.57 Å². The van der Waals surface area contributed by atoms with E-state index in [1.54, 1.807) is 0 Å². The van der Waals surface area contributed by atoms with Gasteiger partial charge < -0.3 is 9.47 Å². The van der Waals surface area contributed by atoms with Crippen LogP contribution in [0.2, 0.25) is 5.02 Å². The zero-order valence-corrected chi connectivity index (χ0v) is 22.0. The first kappa shape index (κ1) is 23.3. The number of hydrogen-bond donors (Lipinski definition) is 0. The molecule has 0 aliphatic carbocycles. The minimum Gasteiger partial charge on any atom is -0.311 e. The molecule has 0 atom stereocenters. The summed E-state index contributed by atoms with van der Waals surface area (Å²) in [6, 6.07) is 53.2. The summed E-state index contributed by atoms with van der Waals surface area (Å²) >= 11 is 6.19. The Hall–Kier alpha value is -4.79. The van der Waals surface area contributed by atoms with Crippen LogP contribution >= 0.6 is 11.6 Å². The summed E-state index contributed by atoms with van der Waals surface area (Å²) in [5.41, 5.74) is 9.23. The minimum atomic E-state index is 0.728. The van der Waals surface area contributed by atoms with Crippen molar-refractivity contribution in [3.63, 3.8) is 0 Å². The molecule has 0 spiro atoms. The van der Waals surface area contributed by atoms with Crippen LogP contribution in [0.15, 0.2) is 152 Å². The molecule has 7 rings (SSSR count). The van der Waals surface area contributed by atoms with Crippen molar-refractivity contribution < 1.29 is 0 Å². The standard InChI is InChI=1S/C36H25ClN2/c37-28-18-22-32(23-19-28)38(29-9-3-1-4-10-29)31-20-15-26(16-21-31)27-17-24-36-34(25-27)33-13-7-8-14-35(33)39(36)30-11-5-2-6-12-30/h1-25H. The number of nitrogens with zero attached hydrogens (tertiary/aromatic N) is 2. The van der Waals surface area contributed by atoms with E-state index in [9.17, 15) is 0 Å². The van der Waals surface area contributed by atoms with Crippen LogP contribution in [0.4, 0.5) is 17.1 Å². The molecule has 1 aromatic heterocycles. The monoisotopic (exact) mass is 520 g/mol. The summed E-state index contributed by atoms with van der Waals surface area (Å²) in [5.74, 6) is 0. The van der Waals surface area contributed by atoms with E-state index in [-0.39, 0.29) is 0 Å². The van der Waals surface area contributed by atoms with Gasteiger partial charge in [-0.25, -0.2) is 0 Å². The summed E-state index contributed by atoms with van der Waals surface area (Å²) in [7, 11) is 0. The van der Waals surface area contributed by atoms with Gasteiger partial charge in [-0.3, -0.25) is 0 Å². The van der Waals surface area contributed by atoms with Crippen molar-refractivity contribution in [2.45, 2.75) is 0 Å². The van der Waals surface area contributed by atoms with Gasteiger partial charge in [-0.2, -0.15) is 0 Å². The molecule has 0 aliphatic heterocycles. The lowest BCUT2D eigenvalue weighted by Crippen LogP contribution is -2.09. The summed E-state index contributed by atoms with van der Waals surface area (Å²) in [5, 5.41) is 3.24. The van der Waals surface area contributed by atoms with Gasteiger partial charge in [0.1, 0.15) is 0 Å². The Balaban J connectivity index is 1.32. The van der Waals surface area contributed by atoms with Gasteiger partial charge in [0, 0.05) is 38.5 Å². The SMILES string of the molecule is Clc1ccc(N(c2ccccc2)c2ccc(-c3ccc4c(c3)c3ccccc3n4-c3ccccc3)cc2)cc1. The highest BCUT2D eigenvalue weighted by molar-refractivity contribution is 6.30. The lowest BCUT2D eigenvalue weighted by Gasteiger charge is -2.25. The van der Waals surface area contributed by atoms with Gasteiger partial charge in [-0.1, -0.05) is 84.4 Å². The Morgan fingerprint density at radius 2 is 0.974 bits per heavy atom. The van der Waals surface area contributed by atoms with Gasteiger partial charge >= 0.3 is 0 Å². The van der Waals surface area contributed by atoms with Crippen molar-refractivity contribution in [2.75, 3.05) is 4.90 Å². The van der Waals surface area contributed by atoms with Gasteiger partial charge in [0.2, 0.25) is 0 Å². The van der Waals surface area contributed by atoms with Crippen molar-refractivity contribution in [3.05, 3.63) is 157 Å². The summed E-state index contributed by atoms with van der Waals surface area (Å²) in [6.45, 7) is 0. The van der Waals surface area contributed by atoms with Crippen LogP contribution in [-0.4, -0.2) is 4.57 Å². The molecule has 186 valence electrons. The van der Waals surface area contributed by atoms with E-state index >= 15 is 0 Å². The second-order valence-electron chi connectivity index (χ2n) is 9.61. The van der Waals surface area contributed by atoms with Gasteiger partial charge in [-0.15, -0.1) is 0 Å². The Morgan fingerprint density at radius 1 is 0.436 bits per heavy atom. The number of fused-ring (bicyclic) bond motifs is 3. The molecule has 0 saturated carbocycles. The molecule has 0 unspecified atom stereocenters. The zero-order valence-electron chi connectivity index (χ0n) is 21.2. The van der Waals surface area contributed by atoms with Crippen LogP contribution in [0, 0.1) is 0 Å². The smallest absolute Gasteiger partial charge is 0.0541 e. The molecule has 0 N–H and O–H groups in total. The van der Waals surface area contributed by atoms with Crippen LogP contribution in [0.1, 0.15) is 0 Å². The minimum absolute atomic E-state index is 0.728. The Kier molecular flexibility index (Phi) is 5.88. The Labute approximate surface area is 233 Å². The third-order valence-corrected chi connectivity index (χ3v) is 7.50. The van der Waals surface area contributed by atoms with Crippen molar-refractivity contribution in [3.8, 4) is 16.8 Å². The van der Waals surface area contributed by atoms with E-state index in [0.717, 1.165) is 22.1 Å². The van der Waals surface area contributed by atoms with E-state index in [1.165, 1.54) is 38.6 Å². The first-order valence-electron chi connectivity index (χ1n) is 13.1. The van der Waals surface area contributed by atoms with Crippen molar-refractivity contribution in [2.24, 2.45) is 0 Å². The van der Waals surface area contributed by atoms with Crippen LogP contribution in [-0.2, 0) is 0 Å². The molecular formula is C36H25ClN2. The predicted molar refractivity (Wildman–Crippen MR) is 166 cm³/mol. The molecular weight excluding hydrogens is 496 g/mol. The fourth-order valence-corrected chi connectivity index (χ4v) is 5.55. The number of para-hydroxylation sites is 3. The highest BCUT2D eigenvalue weighted by Crippen LogP contribution is 2.38. The Morgan fingerprint density at radius 3 is 1.69 bits per heavy atom. The zero-order chi connectivity index (χ0) is 26.2. The molecule has 0 radical (unpaired) electrons. The van der Waals surface area contributed by atoms with Crippen LogP contribution in [0.3, 0.4) is 0 Å². The molecule has 2 nitrogen and oxygen atoms in total. The third-order valence-electron chi connectivity index (χ3n) is 7.25. The molecule has 0 saturated heterocycles. The van der Waals surface area contributed by atoms with Crippen LogP contribution < -0.4 is 4.90 Å². The van der Waals surface area contributed by atoms with Gasteiger partial charge in [0.25, 0.3) is 0 Å². The average Bonchev–Trinajstić information content (AvgIpc) is 3.33. The molecule has 7 aromatic rings. The van der Waals surface area contributed by atoms with Crippen LogP contribution in [0.5, 0.6) is 0 Å². The number of halogens is 1. The topological polar surface area (TPSA) is 8.17 Å². The normalized spacial score (nSPS) is 11.2. The lowest BCUT2D eigenvalue weighted by molar-refractivity contribution is 1.18. The van der Waals surface area contributed by atoms with Gasteiger partial charge in [0.05, 0.1) is 11.0 Å². The first-order chi connectivity index (χ1) is 19.3. The quantitative estimate of drug-likeness (QED) is 0.219. The van der Waals surface area contributed by atoms with E-state index < -0.39 is 0 Å². The largest absolute Gasteiger partial charge is 0.311 e. The van der Waals surface area contributed by atoms with E-state index in [0.29, 0.717) is 0 Å². The number of aromatic nitrogens is 1. The second kappa shape index (κ2) is 9.83. The molecule has 0 fully saturated rings. The van der Waals surface area contributed by atoms with E-state index in [1.807, 2.05) is 18.2 Å².